The maximum absolute atomic E-state index is 12.0. The Morgan fingerprint density at radius 1 is 1.04 bits per heavy atom. The molecule has 0 spiro atoms. The molecule has 2 rings (SSSR count). The van der Waals surface area contributed by atoms with Crippen molar-refractivity contribution in [1.82, 2.24) is 0 Å². The SMILES string of the molecule is CCOC(=O)c1cccc(CSCC(=O)Nc2ccc(CC)cc2)c1. The normalized spacial score (nSPS) is 10.3. The van der Waals surface area contributed by atoms with Crippen LogP contribution in [-0.2, 0) is 21.7 Å². The summed E-state index contributed by atoms with van der Waals surface area (Å²) in [6.07, 6.45) is 0.981. The molecular formula is C20H23NO3S. The van der Waals surface area contributed by atoms with Gasteiger partial charge in [0.2, 0.25) is 5.91 Å². The smallest absolute Gasteiger partial charge is 0.338 e. The summed E-state index contributed by atoms with van der Waals surface area (Å²) < 4.78 is 5.00. The Labute approximate surface area is 153 Å². The predicted molar refractivity (Wildman–Crippen MR) is 103 cm³/mol. The molecule has 0 heterocycles. The van der Waals surface area contributed by atoms with E-state index >= 15 is 0 Å². The Kier molecular flexibility index (Phi) is 7.54. The monoisotopic (exact) mass is 357 g/mol. The van der Waals surface area contributed by atoms with Gasteiger partial charge >= 0.3 is 5.97 Å². The lowest BCUT2D eigenvalue weighted by Crippen LogP contribution is -2.14. The van der Waals surface area contributed by atoms with Gasteiger partial charge in [-0.25, -0.2) is 4.79 Å². The van der Waals surface area contributed by atoms with Crippen LogP contribution in [0.1, 0.15) is 35.3 Å². The first-order valence-electron chi connectivity index (χ1n) is 8.35. The van der Waals surface area contributed by atoms with Crippen LogP contribution in [0.4, 0.5) is 5.69 Å². The second-order valence-electron chi connectivity index (χ2n) is 5.51. The van der Waals surface area contributed by atoms with Crippen LogP contribution in [-0.4, -0.2) is 24.2 Å². The summed E-state index contributed by atoms with van der Waals surface area (Å²) in [6.45, 7) is 4.24. The Morgan fingerprint density at radius 3 is 2.48 bits per heavy atom. The number of esters is 1. The molecule has 0 fully saturated rings. The van der Waals surface area contributed by atoms with Gasteiger partial charge in [0.1, 0.15) is 0 Å². The van der Waals surface area contributed by atoms with Crippen molar-refractivity contribution in [3.8, 4) is 0 Å². The molecule has 0 unspecified atom stereocenters. The maximum Gasteiger partial charge on any atom is 0.338 e. The van der Waals surface area contributed by atoms with Crippen molar-refractivity contribution in [3.05, 3.63) is 65.2 Å². The van der Waals surface area contributed by atoms with Crippen molar-refractivity contribution in [3.63, 3.8) is 0 Å². The summed E-state index contributed by atoms with van der Waals surface area (Å²) in [4.78, 5) is 23.7. The van der Waals surface area contributed by atoms with Crippen LogP contribution in [0.5, 0.6) is 0 Å². The third-order valence-corrected chi connectivity index (χ3v) is 4.59. The van der Waals surface area contributed by atoms with E-state index in [0.29, 0.717) is 23.7 Å². The number of aryl methyl sites for hydroxylation is 1. The highest BCUT2D eigenvalue weighted by atomic mass is 32.2. The fourth-order valence-corrected chi connectivity index (χ4v) is 3.06. The molecule has 5 heteroatoms. The number of benzene rings is 2. The first-order chi connectivity index (χ1) is 12.1. The van der Waals surface area contributed by atoms with Gasteiger partial charge in [-0.05, 0) is 48.7 Å². The summed E-state index contributed by atoms with van der Waals surface area (Å²) >= 11 is 1.51. The summed E-state index contributed by atoms with van der Waals surface area (Å²) in [5, 5.41) is 2.89. The third-order valence-electron chi connectivity index (χ3n) is 3.59. The standard InChI is InChI=1S/C20H23NO3S/c1-3-15-8-10-18(11-9-15)21-19(22)14-25-13-16-6-5-7-17(12-16)20(23)24-4-2/h5-12H,3-4,13-14H2,1-2H3,(H,21,22). The molecule has 0 aromatic heterocycles. The van der Waals surface area contributed by atoms with Crippen molar-refractivity contribution in [2.24, 2.45) is 0 Å². The number of carbonyl (C=O) groups is 2. The number of amides is 1. The summed E-state index contributed by atoms with van der Waals surface area (Å²) in [5.41, 5.74) is 3.59. The molecule has 2 aromatic carbocycles. The molecule has 1 amide bonds. The topological polar surface area (TPSA) is 55.4 Å². The molecule has 0 aliphatic carbocycles. The number of hydrogen-bond donors (Lipinski definition) is 1. The Bertz CT molecular complexity index is 713. The molecule has 0 aliphatic rings. The number of thioether (sulfide) groups is 1. The molecule has 1 N–H and O–H groups in total. The summed E-state index contributed by atoms with van der Waals surface area (Å²) in [7, 11) is 0. The number of nitrogens with one attached hydrogen (secondary N) is 1. The van der Waals surface area contributed by atoms with E-state index in [9.17, 15) is 9.59 Å². The van der Waals surface area contributed by atoms with Gasteiger partial charge in [0, 0.05) is 11.4 Å². The molecule has 0 radical (unpaired) electrons. The molecule has 25 heavy (non-hydrogen) atoms. The minimum Gasteiger partial charge on any atom is -0.462 e. The van der Waals surface area contributed by atoms with Crippen LogP contribution < -0.4 is 5.32 Å². The van der Waals surface area contributed by atoms with Crippen molar-refractivity contribution in [2.75, 3.05) is 17.7 Å². The van der Waals surface area contributed by atoms with Gasteiger partial charge < -0.3 is 10.1 Å². The molecule has 0 atom stereocenters. The number of hydrogen-bond acceptors (Lipinski definition) is 4. The van der Waals surface area contributed by atoms with E-state index in [4.69, 9.17) is 4.74 Å². The predicted octanol–water partition coefficient (Wildman–Crippen LogP) is 4.30. The molecule has 0 saturated carbocycles. The maximum atomic E-state index is 12.0. The van der Waals surface area contributed by atoms with Crippen molar-refractivity contribution >= 4 is 29.3 Å². The quantitative estimate of drug-likeness (QED) is 0.716. The number of rotatable bonds is 8. The van der Waals surface area contributed by atoms with E-state index in [1.165, 1.54) is 17.3 Å². The van der Waals surface area contributed by atoms with Crippen LogP contribution in [0.2, 0.25) is 0 Å². The zero-order valence-electron chi connectivity index (χ0n) is 14.6. The van der Waals surface area contributed by atoms with Crippen molar-refractivity contribution in [2.45, 2.75) is 26.0 Å². The molecule has 2 aromatic rings. The fourth-order valence-electron chi connectivity index (χ4n) is 2.28. The molecule has 0 saturated heterocycles. The highest BCUT2D eigenvalue weighted by Gasteiger charge is 2.08. The molecule has 4 nitrogen and oxygen atoms in total. The van der Waals surface area contributed by atoms with Gasteiger partial charge in [-0.2, -0.15) is 0 Å². The van der Waals surface area contributed by atoms with Gasteiger partial charge in [-0.1, -0.05) is 31.2 Å². The minimum absolute atomic E-state index is 0.0317. The summed E-state index contributed by atoms with van der Waals surface area (Å²) in [6, 6.07) is 15.2. The first-order valence-corrected chi connectivity index (χ1v) is 9.50. The number of carbonyl (C=O) groups excluding carboxylic acids is 2. The molecular weight excluding hydrogens is 334 g/mol. The lowest BCUT2D eigenvalue weighted by molar-refractivity contribution is -0.113. The molecule has 0 bridgehead atoms. The second kappa shape index (κ2) is 9.89. The van der Waals surface area contributed by atoms with Crippen LogP contribution in [0.3, 0.4) is 0 Å². The Morgan fingerprint density at radius 2 is 1.80 bits per heavy atom. The lowest BCUT2D eigenvalue weighted by Gasteiger charge is -2.07. The van der Waals surface area contributed by atoms with Crippen LogP contribution >= 0.6 is 11.8 Å². The van der Waals surface area contributed by atoms with E-state index in [2.05, 4.69) is 12.2 Å². The Balaban J connectivity index is 1.80. The van der Waals surface area contributed by atoms with E-state index in [-0.39, 0.29) is 11.9 Å². The van der Waals surface area contributed by atoms with E-state index in [0.717, 1.165) is 17.7 Å². The Hall–Kier alpha value is -2.27. The van der Waals surface area contributed by atoms with Crippen molar-refractivity contribution < 1.29 is 14.3 Å². The fraction of sp³-hybridized carbons (Fsp3) is 0.300. The third kappa shape index (κ3) is 6.27. The minimum atomic E-state index is -0.317. The molecule has 0 aliphatic heterocycles. The van der Waals surface area contributed by atoms with Crippen LogP contribution in [0.15, 0.2) is 48.5 Å². The lowest BCUT2D eigenvalue weighted by atomic mass is 10.1. The first kappa shape index (κ1) is 19.1. The van der Waals surface area contributed by atoms with Gasteiger partial charge in [-0.3, -0.25) is 4.79 Å². The molecule has 132 valence electrons. The van der Waals surface area contributed by atoms with Gasteiger partial charge in [0.25, 0.3) is 0 Å². The van der Waals surface area contributed by atoms with E-state index in [1.54, 1.807) is 13.0 Å². The van der Waals surface area contributed by atoms with E-state index < -0.39 is 0 Å². The second-order valence-corrected chi connectivity index (χ2v) is 6.50. The summed E-state index contributed by atoms with van der Waals surface area (Å²) in [5.74, 6) is 0.674. The highest BCUT2D eigenvalue weighted by molar-refractivity contribution is 7.99. The largest absolute Gasteiger partial charge is 0.462 e. The average molecular weight is 357 g/mol. The highest BCUT2D eigenvalue weighted by Crippen LogP contribution is 2.16. The zero-order valence-corrected chi connectivity index (χ0v) is 15.4. The van der Waals surface area contributed by atoms with Crippen LogP contribution in [0, 0.1) is 0 Å². The average Bonchev–Trinajstić information content (AvgIpc) is 2.63. The number of anilines is 1. The van der Waals surface area contributed by atoms with Gasteiger partial charge in [0.15, 0.2) is 0 Å². The number of ether oxygens (including phenoxy) is 1. The van der Waals surface area contributed by atoms with Crippen LogP contribution in [0.25, 0.3) is 0 Å². The van der Waals surface area contributed by atoms with Gasteiger partial charge in [0.05, 0.1) is 17.9 Å². The van der Waals surface area contributed by atoms with Gasteiger partial charge in [-0.15, -0.1) is 11.8 Å². The zero-order chi connectivity index (χ0) is 18.1. The van der Waals surface area contributed by atoms with E-state index in [1.807, 2.05) is 42.5 Å². The van der Waals surface area contributed by atoms with Crippen molar-refractivity contribution in [1.29, 1.82) is 0 Å².